The van der Waals surface area contributed by atoms with Crippen LogP contribution in [0.15, 0.2) is 23.8 Å². The summed E-state index contributed by atoms with van der Waals surface area (Å²) in [5.41, 5.74) is 1.66. The van der Waals surface area contributed by atoms with Gasteiger partial charge in [0.15, 0.2) is 0 Å². The summed E-state index contributed by atoms with van der Waals surface area (Å²) in [6.45, 7) is 9.22. The molecule has 158 valence electrons. The first-order valence-electron chi connectivity index (χ1n) is 11.3. The molecule has 0 radical (unpaired) electrons. The maximum absolute atomic E-state index is 11.8. The summed E-state index contributed by atoms with van der Waals surface area (Å²) in [4.78, 5) is 11.8. The van der Waals surface area contributed by atoms with E-state index in [4.69, 9.17) is 4.74 Å². The van der Waals surface area contributed by atoms with Crippen LogP contribution in [0.1, 0.15) is 72.6 Å². The molecule has 1 N–H and O–H groups in total. The number of hydrogen-bond acceptors (Lipinski definition) is 3. The van der Waals surface area contributed by atoms with Gasteiger partial charge >= 0.3 is 5.97 Å². The van der Waals surface area contributed by atoms with Crippen LogP contribution < -0.4 is 0 Å². The number of aliphatic hydroxyl groups excluding tert-OH is 1. The highest BCUT2D eigenvalue weighted by molar-refractivity contribution is 5.69. The summed E-state index contributed by atoms with van der Waals surface area (Å²) >= 11 is 0. The van der Waals surface area contributed by atoms with E-state index < -0.39 is 0 Å². The van der Waals surface area contributed by atoms with Crippen LogP contribution in [0.3, 0.4) is 0 Å². The molecule has 3 aliphatic rings. The van der Waals surface area contributed by atoms with Gasteiger partial charge in [-0.15, -0.1) is 0 Å². The highest BCUT2D eigenvalue weighted by atomic mass is 16.5. The fraction of sp³-hybridized carbons (Fsp3) is 0.800. The molecule has 1 unspecified atom stereocenters. The smallest absolute Gasteiger partial charge is 0.305 e. The van der Waals surface area contributed by atoms with Crippen LogP contribution >= 0.6 is 0 Å². The molecule has 28 heavy (non-hydrogen) atoms. The number of carbonyl (C=O) groups is 1. The Morgan fingerprint density at radius 3 is 2.61 bits per heavy atom. The van der Waals surface area contributed by atoms with Gasteiger partial charge in [0.25, 0.3) is 0 Å². The van der Waals surface area contributed by atoms with Crippen LogP contribution in [0.25, 0.3) is 0 Å². The molecule has 0 bridgehead atoms. The zero-order valence-corrected chi connectivity index (χ0v) is 18.5. The molecule has 0 aromatic carbocycles. The van der Waals surface area contributed by atoms with Crippen LogP contribution in [-0.4, -0.2) is 24.3 Å². The summed E-state index contributed by atoms with van der Waals surface area (Å²) in [6.07, 6.45) is 14.1. The molecule has 1 fully saturated rings. The molecule has 0 aromatic heterocycles. The van der Waals surface area contributed by atoms with Crippen LogP contribution in [0.5, 0.6) is 0 Å². The van der Waals surface area contributed by atoms with E-state index in [0.717, 1.165) is 19.3 Å². The third-order valence-corrected chi connectivity index (χ3v) is 7.56. The molecule has 3 heteroatoms. The summed E-state index contributed by atoms with van der Waals surface area (Å²) in [5.74, 6) is 2.87. The predicted molar refractivity (Wildman–Crippen MR) is 114 cm³/mol. The zero-order chi connectivity index (χ0) is 20.5. The van der Waals surface area contributed by atoms with E-state index in [1.807, 2.05) is 0 Å². The van der Waals surface area contributed by atoms with Crippen molar-refractivity contribution in [3.8, 4) is 0 Å². The van der Waals surface area contributed by atoms with Crippen molar-refractivity contribution in [3.05, 3.63) is 23.8 Å². The van der Waals surface area contributed by atoms with Gasteiger partial charge in [0.1, 0.15) is 0 Å². The third-order valence-electron chi connectivity index (χ3n) is 7.56. The summed E-state index contributed by atoms with van der Waals surface area (Å²) in [7, 11) is 1.49. The largest absolute Gasteiger partial charge is 0.469 e. The number of aliphatic hydroxyl groups is 1. The van der Waals surface area contributed by atoms with Crippen molar-refractivity contribution >= 4 is 5.97 Å². The number of ether oxygens (including phenoxy) is 1. The van der Waals surface area contributed by atoms with E-state index in [1.165, 1.54) is 31.9 Å². The molecule has 3 aliphatic carbocycles. The zero-order valence-electron chi connectivity index (χ0n) is 18.5. The second-order valence-corrected chi connectivity index (χ2v) is 10.8. The Hall–Kier alpha value is -1.09. The molecule has 3 nitrogen and oxygen atoms in total. The molecule has 3 rings (SSSR count). The molecule has 1 saturated carbocycles. The van der Waals surface area contributed by atoms with Crippen LogP contribution in [0.2, 0.25) is 0 Å². The molecule has 0 amide bonds. The van der Waals surface area contributed by atoms with Gasteiger partial charge in [-0.3, -0.25) is 4.79 Å². The SMILES string of the molecule is COC(=O)C[C@H]1C[C@@H](CC[C@@H]2C3C(=C[C@H](C)C[C@@H]3O)C=C[C@@H]2C)CC(C)(C)C1. The first-order valence-corrected chi connectivity index (χ1v) is 11.3. The number of fused-ring (bicyclic) bond motifs is 1. The first-order chi connectivity index (χ1) is 13.2. The van der Waals surface area contributed by atoms with Crippen LogP contribution in [0, 0.1) is 40.9 Å². The second-order valence-electron chi connectivity index (χ2n) is 10.8. The topological polar surface area (TPSA) is 46.5 Å². The minimum Gasteiger partial charge on any atom is -0.469 e. The lowest BCUT2D eigenvalue weighted by Gasteiger charge is -2.43. The van der Waals surface area contributed by atoms with Gasteiger partial charge in [-0.2, -0.15) is 0 Å². The Morgan fingerprint density at radius 1 is 1.18 bits per heavy atom. The molecule has 0 spiro atoms. The normalized spacial score (nSPS) is 39.8. The van der Waals surface area contributed by atoms with E-state index >= 15 is 0 Å². The van der Waals surface area contributed by atoms with Crippen LogP contribution in [-0.2, 0) is 9.53 Å². The van der Waals surface area contributed by atoms with Crippen LogP contribution in [0.4, 0.5) is 0 Å². The Balaban J connectivity index is 1.65. The Bertz CT molecular complexity index is 617. The fourth-order valence-corrected chi connectivity index (χ4v) is 6.54. The maximum Gasteiger partial charge on any atom is 0.305 e. The van der Waals surface area contributed by atoms with Gasteiger partial charge in [-0.25, -0.2) is 0 Å². The number of rotatable bonds is 5. The number of carbonyl (C=O) groups excluding carboxylic acids is 1. The van der Waals surface area contributed by atoms with E-state index in [-0.39, 0.29) is 12.1 Å². The van der Waals surface area contributed by atoms with E-state index in [2.05, 4.69) is 45.9 Å². The number of hydrogen-bond donors (Lipinski definition) is 1. The lowest BCUT2D eigenvalue weighted by atomic mass is 9.62. The minimum atomic E-state index is -0.206. The van der Waals surface area contributed by atoms with E-state index in [0.29, 0.717) is 47.3 Å². The van der Waals surface area contributed by atoms with Crippen molar-refractivity contribution in [1.82, 2.24) is 0 Å². The predicted octanol–water partition coefficient (Wildman–Crippen LogP) is 5.54. The molecule has 0 saturated heterocycles. The van der Waals surface area contributed by atoms with Gasteiger partial charge in [-0.1, -0.05) is 52.3 Å². The average molecular weight is 389 g/mol. The summed E-state index contributed by atoms with van der Waals surface area (Å²) in [6, 6.07) is 0. The summed E-state index contributed by atoms with van der Waals surface area (Å²) < 4.78 is 4.92. The molecule has 0 heterocycles. The van der Waals surface area contributed by atoms with Crippen molar-refractivity contribution in [3.63, 3.8) is 0 Å². The van der Waals surface area contributed by atoms with Gasteiger partial charge in [0.05, 0.1) is 13.2 Å². The van der Waals surface area contributed by atoms with Gasteiger partial charge < -0.3 is 9.84 Å². The van der Waals surface area contributed by atoms with Crippen molar-refractivity contribution < 1.29 is 14.6 Å². The lowest BCUT2D eigenvalue weighted by Crippen LogP contribution is -2.38. The molecular formula is C25H40O3. The fourth-order valence-electron chi connectivity index (χ4n) is 6.54. The Labute approximate surface area is 171 Å². The molecule has 7 atom stereocenters. The monoisotopic (exact) mass is 388 g/mol. The van der Waals surface area contributed by atoms with Gasteiger partial charge in [0.2, 0.25) is 0 Å². The number of esters is 1. The van der Waals surface area contributed by atoms with Crippen molar-refractivity contribution in [1.29, 1.82) is 0 Å². The van der Waals surface area contributed by atoms with Gasteiger partial charge in [-0.05, 0) is 72.7 Å². The second kappa shape index (κ2) is 8.73. The highest BCUT2D eigenvalue weighted by Gasteiger charge is 2.40. The quantitative estimate of drug-likeness (QED) is 0.629. The minimum absolute atomic E-state index is 0.0679. The van der Waals surface area contributed by atoms with Crippen molar-refractivity contribution in [2.24, 2.45) is 40.9 Å². The Morgan fingerprint density at radius 2 is 1.89 bits per heavy atom. The molecular weight excluding hydrogens is 348 g/mol. The molecule has 0 aliphatic heterocycles. The standard InChI is InChI=1S/C25H40O3/c1-16-10-20-8-6-17(2)21(24(20)22(26)11-16)9-7-18-12-19(13-23(27)28-5)15-25(3,4)14-18/h6,8,10,16-19,21-22,24,26H,7,9,11-15H2,1-5H3/t16-,17-,18+,19+,21-,22-,24?/m0/s1. The van der Waals surface area contributed by atoms with E-state index in [1.54, 1.807) is 0 Å². The van der Waals surface area contributed by atoms with E-state index in [9.17, 15) is 9.90 Å². The van der Waals surface area contributed by atoms with Gasteiger partial charge in [0, 0.05) is 12.3 Å². The van der Waals surface area contributed by atoms with Crippen molar-refractivity contribution in [2.75, 3.05) is 7.11 Å². The van der Waals surface area contributed by atoms with Crippen molar-refractivity contribution in [2.45, 2.75) is 78.7 Å². The number of allylic oxidation sites excluding steroid dienone is 3. The number of methoxy groups -OCH3 is 1. The average Bonchev–Trinajstić information content (AvgIpc) is 2.59. The molecule has 0 aromatic rings. The highest BCUT2D eigenvalue weighted by Crippen LogP contribution is 2.48. The first kappa shape index (κ1) is 21.6. The Kier molecular flexibility index (Phi) is 6.74. The third kappa shape index (κ3) is 5.09. The summed E-state index contributed by atoms with van der Waals surface area (Å²) in [5, 5.41) is 10.8. The lowest BCUT2D eigenvalue weighted by molar-refractivity contribution is -0.142. The maximum atomic E-state index is 11.8.